The number of hydrogen-bond donors (Lipinski definition) is 13. The van der Waals surface area contributed by atoms with Gasteiger partial charge >= 0.3 is 24.0 Å². The molecule has 1 fully saturated rings. The van der Waals surface area contributed by atoms with Gasteiger partial charge in [0, 0.05) is 18.9 Å². The molecule has 1 saturated heterocycles. The predicted molar refractivity (Wildman–Crippen MR) is 228 cm³/mol. The molecule has 366 valence electrons. The highest BCUT2D eigenvalue weighted by Crippen LogP contribution is 2.44. The summed E-state index contributed by atoms with van der Waals surface area (Å²) in [6.45, 7) is 2.71. The summed E-state index contributed by atoms with van der Waals surface area (Å²) in [5.74, 6) is -11.3. The standard InChI is InChI=1S/C43H56N6O18/c1-19(2)34(42(64)47-27(14-32(53)54)40(62)45-20(3)38(60)44-16-29-35(57)37(59)36(58)30(17-50)67-29)49-39(61)26(12-13-31(51)52)46-41(63)28(15-33(55)56)48-43(65)66-18-25-23-10-6-4-8-21(23)22-9-5-7-11-24(22)25/h4-11,19-20,25-30,34-37,50,57-59H,12-18H2,1-3H3,(H,44,60)(H,45,62)(H,46,63)(H,47,64)(H,48,65)(H,49,61)(H,51,52)(H,53,54)(H,55,56)/t20-,26-,27-,28-,29-,30+,34-,35-,36?,37?/m0/s1. The molecule has 0 radical (unpaired) electrons. The fraction of sp³-hybridized carbons (Fsp3) is 0.512. The van der Waals surface area contributed by atoms with Crippen LogP contribution in [0.1, 0.15) is 63.5 Å². The molecular weight excluding hydrogens is 888 g/mol. The Morgan fingerprint density at radius 1 is 0.612 bits per heavy atom. The summed E-state index contributed by atoms with van der Waals surface area (Å²) in [4.78, 5) is 115. The van der Waals surface area contributed by atoms with Crippen molar-refractivity contribution in [3.05, 3.63) is 59.7 Å². The average Bonchev–Trinajstić information content (AvgIpc) is 3.59. The van der Waals surface area contributed by atoms with Crippen LogP contribution in [0.25, 0.3) is 11.1 Å². The largest absolute Gasteiger partial charge is 0.481 e. The number of benzene rings is 2. The van der Waals surface area contributed by atoms with E-state index in [1.165, 1.54) is 20.8 Å². The van der Waals surface area contributed by atoms with E-state index >= 15 is 0 Å². The van der Waals surface area contributed by atoms with Crippen molar-refractivity contribution in [2.24, 2.45) is 5.92 Å². The monoisotopic (exact) mass is 944 g/mol. The Morgan fingerprint density at radius 3 is 1.66 bits per heavy atom. The molecule has 1 aliphatic heterocycles. The molecule has 0 spiro atoms. The van der Waals surface area contributed by atoms with Gasteiger partial charge in [-0.1, -0.05) is 62.4 Å². The summed E-state index contributed by atoms with van der Waals surface area (Å²) in [6.07, 6.45) is -12.1. The molecule has 2 aliphatic rings. The summed E-state index contributed by atoms with van der Waals surface area (Å²) in [7, 11) is 0. The van der Waals surface area contributed by atoms with Crippen molar-refractivity contribution in [1.29, 1.82) is 0 Å². The smallest absolute Gasteiger partial charge is 0.407 e. The van der Waals surface area contributed by atoms with E-state index in [9.17, 15) is 78.9 Å². The molecule has 0 bridgehead atoms. The third-order valence-corrected chi connectivity index (χ3v) is 11.1. The second-order valence-corrected chi connectivity index (χ2v) is 16.3. The van der Waals surface area contributed by atoms with Crippen LogP contribution in [-0.2, 0) is 47.8 Å². The maximum atomic E-state index is 13.7. The Bertz CT molecular complexity index is 2110. The Morgan fingerprint density at radius 2 is 1.12 bits per heavy atom. The minimum atomic E-state index is -1.85. The van der Waals surface area contributed by atoms with Gasteiger partial charge in [0.15, 0.2) is 0 Å². The first-order valence-corrected chi connectivity index (χ1v) is 21.2. The molecule has 6 amide bonds. The van der Waals surface area contributed by atoms with Crippen LogP contribution >= 0.6 is 0 Å². The topological polar surface area (TPSA) is 386 Å². The average molecular weight is 945 g/mol. The van der Waals surface area contributed by atoms with Crippen molar-refractivity contribution < 1.29 is 88.4 Å². The van der Waals surface area contributed by atoms with E-state index in [1.54, 1.807) is 0 Å². The number of rotatable bonds is 23. The number of carboxylic acid groups (broad SMARTS) is 3. The Labute approximate surface area is 382 Å². The van der Waals surface area contributed by atoms with Crippen molar-refractivity contribution in [3.8, 4) is 11.1 Å². The number of carboxylic acids is 3. The predicted octanol–water partition coefficient (Wildman–Crippen LogP) is -2.72. The summed E-state index contributed by atoms with van der Waals surface area (Å²) in [6, 6.07) is 6.50. The number of alkyl carbamates (subject to hydrolysis) is 1. The van der Waals surface area contributed by atoms with Gasteiger partial charge in [0.25, 0.3) is 0 Å². The van der Waals surface area contributed by atoms with E-state index in [2.05, 4.69) is 31.9 Å². The Balaban J connectivity index is 1.40. The van der Waals surface area contributed by atoms with E-state index in [1.807, 2.05) is 48.5 Å². The number of carbonyl (C=O) groups excluding carboxylic acids is 6. The molecule has 2 aromatic rings. The third kappa shape index (κ3) is 14.4. The van der Waals surface area contributed by atoms with Gasteiger partial charge in [-0.05, 0) is 41.5 Å². The zero-order valence-electron chi connectivity index (χ0n) is 36.6. The van der Waals surface area contributed by atoms with Crippen LogP contribution in [-0.4, -0.2) is 170 Å². The van der Waals surface area contributed by atoms with Gasteiger partial charge in [0.1, 0.15) is 67.3 Å². The van der Waals surface area contributed by atoms with E-state index in [-0.39, 0.29) is 12.5 Å². The number of aliphatic carboxylic acids is 3. The van der Waals surface area contributed by atoms with Gasteiger partial charge in [-0.15, -0.1) is 0 Å². The van der Waals surface area contributed by atoms with E-state index < -0.39 is 159 Å². The molecule has 10 atom stereocenters. The molecule has 1 aliphatic carbocycles. The maximum absolute atomic E-state index is 13.7. The molecule has 1 heterocycles. The first-order valence-electron chi connectivity index (χ1n) is 21.2. The summed E-state index contributed by atoms with van der Waals surface area (Å²) in [5.41, 5.74) is 3.63. The molecule has 2 aromatic carbocycles. The first kappa shape index (κ1) is 52.9. The highest BCUT2D eigenvalue weighted by atomic mass is 16.6. The molecule has 13 N–H and O–H groups in total. The van der Waals surface area contributed by atoms with Crippen LogP contribution in [0.4, 0.5) is 4.79 Å². The van der Waals surface area contributed by atoms with Crippen LogP contribution in [0.5, 0.6) is 0 Å². The number of aliphatic hydroxyl groups is 4. The van der Waals surface area contributed by atoms with E-state index in [0.717, 1.165) is 22.3 Å². The first-order chi connectivity index (χ1) is 31.6. The van der Waals surface area contributed by atoms with E-state index in [4.69, 9.17) is 9.47 Å². The number of nitrogens with one attached hydrogen (secondary N) is 6. The lowest BCUT2D eigenvalue weighted by Crippen LogP contribution is -2.62. The lowest BCUT2D eigenvalue weighted by molar-refractivity contribution is -0.227. The van der Waals surface area contributed by atoms with Crippen LogP contribution in [0.2, 0.25) is 0 Å². The van der Waals surface area contributed by atoms with Crippen molar-refractivity contribution in [2.75, 3.05) is 19.8 Å². The Kier molecular flexibility index (Phi) is 19.1. The number of carbonyl (C=O) groups is 9. The van der Waals surface area contributed by atoms with Crippen LogP contribution in [0.15, 0.2) is 48.5 Å². The quantitative estimate of drug-likeness (QED) is 0.0538. The SMILES string of the molecule is CC(C)[C@H](NC(=O)[C@H](CCC(=O)O)NC(=O)[C@H](CC(=O)O)NC(=O)OCC1c2ccccc2-c2ccccc21)C(=O)N[C@@H](CC(=O)O)C(=O)N[C@@H](C)C(=O)NC[C@@H]1O[C@H](CO)C(O)C(O)[C@H]1O. The zero-order valence-corrected chi connectivity index (χ0v) is 36.6. The fourth-order valence-corrected chi connectivity index (χ4v) is 7.49. The van der Waals surface area contributed by atoms with Crippen molar-refractivity contribution in [1.82, 2.24) is 31.9 Å². The van der Waals surface area contributed by atoms with Crippen LogP contribution in [0.3, 0.4) is 0 Å². The molecule has 4 rings (SSSR count). The van der Waals surface area contributed by atoms with Crippen molar-refractivity contribution >= 4 is 53.5 Å². The number of hydrogen-bond acceptors (Lipinski definition) is 15. The minimum Gasteiger partial charge on any atom is -0.481 e. The maximum Gasteiger partial charge on any atom is 0.407 e. The highest BCUT2D eigenvalue weighted by molar-refractivity contribution is 5.98. The van der Waals surface area contributed by atoms with Gasteiger partial charge in [-0.2, -0.15) is 0 Å². The molecular formula is C43H56N6O18. The lowest BCUT2D eigenvalue weighted by Gasteiger charge is -2.40. The normalized spacial score (nSPS) is 20.9. The summed E-state index contributed by atoms with van der Waals surface area (Å²) >= 11 is 0. The molecule has 0 saturated carbocycles. The van der Waals surface area contributed by atoms with E-state index in [0.29, 0.717) is 0 Å². The number of fused-ring (bicyclic) bond motifs is 3. The second kappa shape index (κ2) is 24.2. The third-order valence-electron chi connectivity index (χ3n) is 11.1. The molecule has 2 unspecified atom stereocenters. The van der Waals surface area contributed by atoms with Crippen LogP contribution < -0.4 is 31.9 Å². The lowest BCUT2D eigenvalue weighted by atomic mass is 9.95. The van der Waals surface area contributed by atoms with Crippen molar-refractivity contribution in [3.63, 3.8) is 0 Å². The van der Waals surface area contributed by atoms with Gasteiger partial charge < -0.3 is 77.1 Å². The molecule has 24 heteroatoms. The van der Waals surface area contributed by atoms with Crippen LogP contribution in [0, 0.1) is 5.92 Å². The summed E-state index contributed by atoms with van der Waals surface area (Å²) in [5, 5.41) is 81.7. The molecule has 67 heavy (non-hydrogen) atoms. The fourth-order valence-electron chi connectivity index (χ4n) is 7.49. The highest BCUT2D eigenvalue weighted by Gasteiger charge is 2.44. The Hall–Kier alpha value is -6.73. The number of amides is 6. The number of aliphatic hydroxyl groups excluding tert-OH is 4. The van der Waals surface area contributed by atoms with Gasteiger partial charge in [-0.3, -0.25) is 38.4 Å². The number of ether oxygens (including phenoxy) is 2. The summed E-state index contributed by atoms with van der Waals surface area (Å²) < 4.78 is 10.8. The van der Waals surface area contributed by atoms with Crippen molar-refractivity contribution in [2.45, 2.75) is 113 Å². The molecule has 0 aromatic heterocycles. The van der Waals surface area contributed by atoms with Gasteiger partial charge in [0.05, 0.1) is 19.4 Å². The second-order valence-electron chi connectivity index (χ2n) is 16.3. The zero-order chi connectivity index (χ0) is 49.7. The van der Waals surface area contributed by atoms with Gasteiger partial charge in [0.2, 0.25) is 29.5 Å². The van der Waals surface area contributed by atoms with Gasteiger partial charge in [-0.25, -0.2) is 4.79 Å². The minimum absolute atomic E-state index is 0.193. The molecule has 24 nitrogen and oxygen atoms in total.